The molecule has 0 unspecified atom stereocenters. The van der Waals surface area contributed by atoms with Gasteiger partial charge < -0.3 is 0 Å². The van der Waals surface area contributed by atoms with Crippen molar-refractivity contribution in [1.29, 1.82) is 0 Å². The Bertz CT molecular complexity index is 216. The Kier molecular flexibility index (Phi) is 4.73. The molecular weight excluding hydrogens is 172 g/mol. The monoisotopic (exact) mass is 192 g/mol. The van der Waals surface area contributed by atoms with Gasteiger partial charge in [-0.3, -0.25) is 4.79 Å². The third-order valence-electron chi connectivity index (χ3n) is 3.33. The summed E-state index contributed by atoms with van der Waals surface area (Å²) in [5, 5.41) is 0. The maximum Gasteiger partial charge on any atom is 0.208 e. The Morgan fingerprint density at radius 2 is 2.00 bits per heavy atom. The summed E-state index contributed by atoms with van der Waals surface area (Å²) in [6.45, 7) is 2.23. The van der Waals surface area contributed by atoms with Crippen LogP contribution in [0.4, 0.5) is 0 Å². The summed E-state index contributed by atoms with van der Waals surface area (Å²) in [7, 11) is 0. The van der Waals surface area contributed by atoms with Gasteiger partial charge in [-0.25, -0.2) is 0 Å². The number of carbonyl (C=O) groups excluding carboxylic acids is 1. The maximum absolute atomic E-state index is 11.3. The van der Waals surface area contributed by atoms with Crippen molar-refractivity contribution >= 4 is 5.78 Å². The zero-order valence-corrected chi connectivity index (χ0v) is 9.09. The van der Waals surface area contributed by atoms with Crippen LogP contribution in [0.2, 0.25) is 0 Å². The van der Waals surface area contributed by atoms with Crippen LogP contribution in [-0.2, 0) is 4.79 Å². The summed E-state index contributed by atoms with van der Waals surface area (Å²) in [4.78, 5) is 11.3. The van der Waals surface area contributed by atoms with E-state index in [4.69, 9.17) is 6.42 Å². The summed E-state index contributed by atoms with van der Waals surface area (Å²) >= 11 is 0. The molecular formula is C13H20O. The van der Waals surface area contributed by atoms with Gasteiger partial charge >= 0.3 is 0 Å². The van der Waals surface area contributed by atoms with Gasteiger partial charge in [0.25, 0.3) is 0 Å². The summed E-state index contributed by atoms with van der Waals surface area (Å²) < 4.78 is 0. The molecule has 0 saturated heterocycles. The topological polar surface area (TPSA) is 17.1 Å². The van der Waals surface area contributed by atoms with E-state index in [1.165, 1.54) is 32.1 Å². The molecule has 78 valence electrons. The smallest absolute Gasteiger partial charge is 0.208 e. The van der Waals surface area contributed by atoms with Crippen molar-refractivity contribution in [2.45, 2.75) is 51.9 Å². The fourth-order valence-corrected chi connectivity index (χ4v) is 2.32. The molecule has 0 bridgehead atoms. The normalized spacial score (nSPS) is 26.9. The molecule has 1 aliphatic carbocycles. The second-order valence-electron chi connectivity index (χ2n) is 4.37. The number of Topliss-reactive ketones (excluding diaryl/α,β-unsaturated/α-hetero) is 1. The zero-order valence-electron chi connectivity index (χ0n) is 9.09. The Morgan fingerprint density at radius 1 is 1.36 bits per heavy atom. The predicted molar refractivity (Wildman–Crippen MR) is 58.8 cm³/mol. The van der Waals surface area contributed by atoms with Crippen molar-refractivity contribution in [2.24, 2.45) is 11.8 Å². The van der Waals surface area contributed by atoms with Crippen LogP contribution in [-0.4, -0.2) is 5.78 Å². The number of ketones is 1. The van der Waals surface area contributed by atoms with E-state index in [0.29, 0.717) is 0 Å². The van der Waals surface area contributed by atoms with E-state index in [-0.39, 0.29) is 11.7 Å². The number of hydrogen-bond acceptors (Lipinski definition) is 1. The number of terminal acetylenes is 1. The number of rotatable bonds is 4. The minimum Gasteiger partial charge on any atom is -0.285 e. The molecule has 0 heterocycles. The Hall–Kier alpha value is -0.770. The molecule has 1 aliphatic rings. The van der Waals surface area contributed by atoms with Gasteiger partial charge in [0.2, 0.25) is 5.78 Å². The van der Waals surface area contributed by atoms with Gasteiger partial charge in [0.15, 0.2) is 0 Å². The molecule has 1 heteroatoms. The third-order valence-corrected chi connectivity index (χ3v) is 3.33. The van der Waals surface area contributed by atoms with Gasteiger partial charge in [0, 0.05) is 5.92 Å². The Labute approximate surface area is 87.3 Å². The Balaban J connectivity index is 2.25. The van der Waals surface area contributed by atoms with Crippen molar-refractivity contribution in [3.05, 3.63) is 0 Å². The highest BCUT2D eigenvalue weighted by atomic mass is 16.1. The third kappa shape index (κ3) is 3.18. The van der Waals surface area contributed by atoms with Crippen LogP contribution in [0.25, 0.3) is 0 Å². The first-order valence-electron chi connectivity index (χ1n) is 5.78. The Morgan fingerprint density at radius 3 is 2.50 bits per heavy atom. The van der Waals surface area contributed by atoms with Crippen molar-refractivity contribution in [3.63, 3.8) is 0 Å². The first-order chi connectivity index (χ1) is 6.77. The largest absolute Gasteiger partial charge is 0.285 e. The molecule has 14 heavy (non-hydrogen) atoms. The highest BCUT2D eigenvalue weighted by molar-refractivity contribution is 5.96. The number of carbonyl (C=O) groups is 1. The van der Waals surface area contributed by atoms with E-state index in [9.17, 15) is 4.79 Å². The van der Waals surface area contributed by atoms with Gasteiger partial charge in [-0.15, -0.1) is 6.42 Å². The predicted octanol–water partition coefficient (Wildman–Crippen LogP) is 3.19. The summed E-state index contributed by atoms with van der Waals surface area (Å²) in [5.74, 6) is 3.32. The second kappa shape index (κ2) is 5.86. The zero-order chi connectivity index (χ0) is 10.4. The van der Waals surface area contributed by atoms with E-state index >= 15 is 0 Å². The highest BCUT2D eigenvalue weighted by Gasteiger charge is 2.24. The molecule has 0 N–H and O–H groups in total. The standard InChI is InChI=1S/C13H20O/c1-3-5-6-11-7-9-12(10-8-11)13(14)4-2/h2,11-12H,3,5-10H2,1H3. The fraction of sp³-hybridized carbons (Fsp3) is 0.769. The number of hydrogen-bond donors (Lipinski definition) is 0. The van der Waals surface area contributed by atoms with Crippen LogP contribution < -0.4 is 0 Å². The molecule has 0 amide bonds. The van der Waals surface area contributed by atoms with Gasteiger partial charge in [-0.2, -0.15) is 0 Å². The van der Waals surface area contributed by atoms with Gasteiger partial charge in [0.05, 0.1) is 0 Å². The minimum atomic E-state index is 0.0268. The van der Waals surface area contributed by atoms with Crippen molar-refractivity contribution < 1.29 is 4.79 Å². The lowest BCUT2D eigenvalue weighted by Gasteiger charge is -2.26. The fourth-order valence-electron chi connectivity index (χ4n) is 2.32. The second-order valence-corrected chi connectivity index (χ2v) is 4.37. The highest BCUT2D eigenvalue weighted by Crippen LogP contribution is 2.32. The van der Waals surface area contributed by atoms with Crippen molar-refractivity contribution in [2.75, 3.05) is 0 Å². The SMILES string of the molecule is C#CC(=O)C1CCC(CCCC)CC1. The number of unbranched alkanes of at least 4 members (excludes halogenated alkanes) is 1. The van der Waals surface area contributed by atoms with Crippen LogP contribution in [0.3, 0.4) is 0 Å². The van der Waals surface area contributed by atoms with Crippen LogP contribution in [0.15, 0.2) is 0 Å². The molecule has 0 atom stereocenters. The molecule has 0 spiro atoms. The average molecular weight is 192 g/mol. The van der Waals surface area contributed by atoms with Crippen LogP contribution in [0.1, 0.15) is 51.9 Å². The lowest BCUT2D eigenvalue weighted by atomic mass is 9.78. The van der Waals surface area contributed by atoms with E-state index in [2.05, 4.69) is 12.8 Å². The van der Waals surface area contributed by atoms with E-state index in [1.54, 1.807) is 0 Å². The van der Waals surface area contributed by atoms with Crippen molar-refractivity contribution in [1.82, 2.24) is 0 Å². The first kappa shape index (κ1) is 11.3. The summed E-state index contributed by atoms with van der Waals surface area (Å²) in [5.41, 5.74) is 0. The van der Waals surface area contributed by atoms with Gasteiger partial charge in [-0.05, 0) is 37.5 Å². The molecule has 1 rings (SSSR count). The van der Waals surface area contributed by atoms with E-state index < -0.39 is 0 Å². The van der Waals surface area contributed by atoms with E-state index in [0.717, 1.165) is 18.8 Å². The molecule has 1 saturated carbocycles. The molecule has 0 aliphatic heterocycles. The van der Waals surface area contributed by atoms with Crippen molar-refractivity contribution in [3.8, 4) is 12.3 Å². The van der Waals surface area contributed by atoms with Gasteiger partial charge in [-0.1, -0.05) is 26.2 Å². The lowest BCUT2D eigenvalue weighted by Crippen LogP contribution is -2.20. The molecule has 0 aromatic rings. The molecule has 0 aromatic heterocycles. The first-order valence-corrected chi connectivity index (χ1v) is 5.78. The van der Waals surface area contributed by atoms with Crippen LogP contribution >= 0.6 is 0 Å². The lowest BCUT2D eigenvalue weighted by molar-refractivity contribution is -0.118. The van der Waals surface area contributed by atoms with Gasteiger partial charge in [0.1, 0.15) is 0 Å². The average Bonchev–Trinajstić information content (AvgIpc) is 2.26. The molecule has 0 aromatic carbocycles. The summed E-state index contributed by atoms with van der Waals surface area (Å²) in [6, 6.07) is 0. The molecule has 1 nitrogen and oxygen atoms in total. The molecule has 0 radical (unpaired) electrons. The summed E-state index contributed by atoms with van der Waals surface area (Å²) in [6.07, 6.45) is 13.5. The quantitative estimate of drug-likeness (QED) is 0.494. The maximum atomic E-state index is 11.3. The van der Waals surface area contributed by atoms with E-state index in [1.807, 2.05) is 0 Å². The van der Waals surface area contributed by atoms with Crippen LogP contribution in [0, 0.1) is 24.2 Å². The molecule has 1 fully saturated rings. The van der Waals surface area contributed by atoms with Crippen LogP contribution in [0.5, 0.6) is 0 Å². The minimum absolute atomic E-state index is 0.0268.